The van der Waals surface area contributed by atoms with Crippen LogP contribution in [0.4, 0.5) is 0 Å². The lowest BCUT2D eigenvalue weighted by molar-refractivity contribution is 0.348. The van der Waals surface area contributed by atoms with E-state index in [9.17, 15) is 0 Å². The maximum Gasteiger partial charge on any atom is 0.0613 e. The molecule has 1 aromatic carbocycles. The average Bonchev–Trinajstić information content (AvgIpc) is 2.30. The lowest BCUT2D eigenvalue weighted by Gasteiger charge is -2.26. The highest BCUT2D eigenvalue weighted by atomic mass is 79.9. The van der Waals surface area contributed by atoms with Gasteiger partial charge in [0.15, 0.2) is 0 Å². The van der Waals surface area contributed by atoms with Crippen molar-refractivity contribution in [3.05, 3.63) is 34.3 Å². The molecule has 1 unspecified atom stereocenters. The van der Waals surface area contributed by atoms with Crippen molar-refractivity contribution in [2.45, 2.75) is 37.5 Å². The predicted octanol–water partition coefficient (Wildman–Crippen LogP) is 5.31. The number of alkyl halides is 1. The van der Waals surface area contributed by atoms with Gasteiger partial charge in [-0.05, 0) is 36.5 Å². The van der Waals surface area contributed by atoms with Crippen molar-refractivity contribution in [2.24, 2.45) is 5.92 Å². The molecule has 1 aromatic rings. The highest BCUT2D eigenvalue weighted by molar-refractivity contribution is 9.10. The topological polar surface area (TPSA) is 0 Å². The first kappa shape index (κ1) is 11.5. The zero-order chi connectivity index (χ0) is 10.7. The average molecular weight is 288 g/mol. The van der Waals surface area contributed by atoms with Crippen molar-refractivity contribution < 1.29 is 0 Å². The van der Waals surface area contributed by atoms with Crippen molar-refractivity contribution in [3.8, 4) is 0 Å². The summed E-state index contributed by atoms with van der Waals surface area (Å²) >= 11 is 9.97. The molecule has 0 aliphatic heterocycles. The number of hydrogen-bond donors (Lipinski definition) is 0. The molecule has 0 heterocycles. The smallest absolute Gasteiger partial charge is 0.0613 e. The van der Waals surface area contributed by atoms with E-state index in [1.807, 2.05) is 0 Å². The molecule has 82 valence electrons. The van der Waals surface area contributed by atoms with Crippen LogP contribution in [-0.4, -0.2) is 0 Å². The van der Waals surface area contributed by atoms with Crippen molar-refractivity contribution in [3.63, 3.8) is 0 Å². The van der Waals surface area contributed by atoms with Crippen LogP contribution in [0.3, 0.4) is 0 Å². The second-order valence-electron chi connectivity index (χ2n) is 4.35. The SMILES string of the molecule is ClC(c1ccc(Br)cc1)C1CCCCC1. The summed E-state index contributed by atoms with van der Waals surface area (Å²) in [6.45, 7) is 0. The molecular weight excluding hydrogens is 272 g/mol. The van der Waals surface area contributed by atoms with Crippen LogP contribution in [0.5, 0.6) is 0 Å². The molecule has 0 amide bonds. The Morgan fingerprint density at radius 1 is 1.07 bits per heavy atom. The van der Waals surface area contributed by atoms with E-state index in [4.69, 9.17) is 11.6 Å². The zero-order valence-corrected chi connectivity index (χ0v) is 11.1. The summed E-state index contributed by atoms with van der Waals surface area (Å²) in [6, 6.07) is 8.42. The Labute approximate surface area is 105 Å². The Morgan fingerprint density at radius 3 is 2.27 bits per heavy atom. The Balaban J connectivity index is 2.05. The fraction of sp³-hybridized carbons (Fsp3) is 0.538. The van der Waals surface area contributed by atoms with Gasteiger partial charge in [0.1, 0.15) is 0 Å². The number of hydrogen-bond acceptors (Lipinski definition) is 0. The summed E-state index contributed by atoms with van der Waals surface area (Å²) < 4.78 is 1.12. The lowest BCUT2D eigenvalue weighted by atomic mass is 9.84. The van der Waals surface area contributed by atoms with E-state index in [1.165, 1.54) is 37.7 Å². The quantitative estimate of drug-likeness (QED) is 0.647. The van der Waals surface area contributed by atoms with E-state index >= 15 is 0 Å². The normalized spacial score (nSPS) is 20.1. The summed E-state index contributed by atoms with van der Waals surface area (Å²) in [6.07, 6.45) is 6.68. The first-order valence-corrected chi connectivity index (χ1v) is 6.90. The Morgan fingerprint density at radius 2 is 1.67 bits per heavy atom. The third kappa shape index (κ3) is 2.98. The summed E-state index contributed by atoms with van der Waals surface area (Å²) in [5.41, 5.74) is 1.27. The molecule has 2 rings (SSSR count). The number of benzene rings is 1. The van der Waals surface area contributed by atoms with Crippen LogP contribution >= 0.6 is 27.5 Å². The highest BCUT2D eigenvalue weighted by Gasteiger charge is 2.22. The number of halogens is 2. The molecule has 0 nitrogen and oxygen atoms in total. The fourth-order valence-corrected chi connectivity index (χ4v) is 3.01. The highest BCUT2D eigenvalue weighted by Crippen LogP contribution is 2.38. The third-order valence-electron chi connectivity index (χ3n) is 3.25. The molecule has 15 heavy (non-hydrogen) atoms. The maximum atomic E-state index is 6.52. The van der Waals surface area contributed by atoms with Gasteiger partial charge in [0.2, 0.25) is 0 Å². The Hall–Kier alpha value is -0.0100. The maximum absolute atomic E-state index is 6.52. The van der Waals surface area contributed by atoms with E-state index in [1.54, 1.807) is 0 Å². The second-order valence-corrected chi connectivity index (χ2v) is 5.74. The molecule has 0 radical (unpaired) electrons. The number of rotatable bonds is 2. The summed E-state index contributed by atoms with van der Waals surface area (Å²) in [5.74, 6) is 0.682. The van der Waals surface area contributed by atoms with Crippen LogP contribution in [-0.2, 0) is 0 Å². The van der Waals surface area contributed by atoms with Gasteiger partial charge in [-0.15, -0.1) is 11.6 Å². The lowest BCUT2D eigenvalue weighted by Crippen LogP contribution is -2.12. The van der Waals surface area contributed by atoms with Crippen molar-refractivity contribution in [1.29, 1.82) is 0 Å². The minimum absolute atomic E-state index is 0.207. The van der Waals surface area contributed by atoms with Crippen LogP contribution in [0.1, 0.15) is 43.0 Å². The molecule has 1 aliphatic carbocycles. The van der Waals surface area contributed by atoms with Crippen LogP contribution in [0.15, 0.2) is 28.7 Å². The van der Waals surface area contributed by atoms with Gasteiger partial charge in [-0.1, -0.05) is 47.3 Å². The molecule has 0 bridgehead atoms. The minimum Gasteiger partial charge on any atom is -0.118 e. The molecule has 0 saturated heterocycles. The van der Waals surface area contributed by atoms with Gasteiger partial charge in [-0.25, -0.2) is 0 Å². The largest absolute Gasteiger partial charge is 0.118 e. The minimum atomic E-state index is 0.207. The van der Waals surface area contributed by atoms with E-state index in [0.717, 1.165) is 4.47 Å². The first-order chi connectivity index (χ1) is 7.27. The van der Waals surface area contributed by atoms with Gasteiger partial charge in [-0.3, -0.25) is 0 Å². The summed E-state index contributed by atoms with van der Waals surface area (Å²) in [5, 5.41) is 0.207. The third-order valence-corrected chi connectivity index (χ3v) is 4.39. The molecule has 1 fully saturated rings. The van der Waals surface area contributed by atoms with Crippen LogP contribution in [0.2, 0.25) is 0 Å². The standard InChI is InChI=1S/C13H16BrCl/c14-12-8-6-11(7-9-12)13(15)10-4-2-1-3-5-10/h6-10,13H,1-5H2. The van der Waals surface area contributed by atoms with Gasteiger partial charge >= 0.3 is 0 Å². The molecule has 0 spiro atoms. The van der Waals surface area contributed by atoms with E-state index in [-0.39, 0.29) is 5.38 Å². The second kappa shape index (κ2) is 5.36. The summed E-state index contributed by atoms with van der Waals surface area (Å²) in [7, 11) is 0. The van der Waals surface area contributed by atoms with Gasteiger partial charge in [0.05, 0.1) is 5.38 Å². The van der Waals surface area contributed by atoms with Gasteiger partial charge in [0.25, 0.3) is 0 Å². The van der Waals surface area contributed by atoms with Crippen molar-refractivity contribution >= 4 is 27.5 Å². The molecular formula is C13H16BrCl. The van der Waals surface area contributed by atoms with Crippen LogP contribution in [0.25, 0.3) is 0 Å². The molecule has 1 atom stereocenters. The van der Waals surface area contributed by atoms with Gasteiger partial charge < -0.3 is 0 Å². The first-order valence-electron chi connectivity index (χ1n) is 5.67. The van der Waals surface area contributed by atoms with E-state index in [2.05, 4.69) is 40.2 Å². The monoisotopic (exact) mass is 286 g/mol. The molecule has 0 aromatic heterocycles. The predicted molar refractivity (Wildman–Crippen MR) is 69.3 cm³/mol. The van der Waals surface area contributed by atoms with Gasteiger partial charge in [-0.2, -0.15) is 0 Å². The van der Waals surface area contributed by atoms with Crippen molar-refractivity contribution in [2.75, 3.05) is 0 Å². The van der Waals surface area contributed by atoms with Gasteiger partial charge in [0, 0.05) is 4.47 Å². The van der Waals surface area contributed by atoms with Crippen LogP contribution in [0, 0.1) is 5.92 Å². The summed E-state index contributed by atoms with van der Waals surface area (Å²) in [4.78, 5) is 0. The van der Waals surface area contributed by atoms with Crippen molar-refractivity contribution in [1.82, 2.24) is 0 Å². The molecule has 0 N–H and O–H groups in total. The van der Waals surface area contributed by atoms with Crippen LogP contribution < -0.4 is 0 Å². The molecule has 2 heteroatoms. The molecule has 1 aliphatic rings. The van der Waals surface area contributed by atoms with E-state index in [0.29, 0.717) is 5.92 Å². The molecule has 1 saturated carbocycles. The zero-order valence-electron chi connectivity index (χ0n) is 8.76. The Kier molecular flexibility index (Phi) is 4.10. The Bertz CT molecular complexity index is 301. The fourth-order valence-electron chi connectivity index (χ4n) is 2.35. The van der Waals surface area contributed by atoms with E-state index < -0.39 is 0 Å².